The molecule has 2 nitrogen and oxygen atoms in total. The van der Waals surface area contributed by atoms with Crippen LogP contribution in [0.3, 0.4) is 0 Å². The van der Waals surface area contributed by atoms with Crippen LogP contribution in [0.15, 0.2) is 0 Å². The second-order valence-corrected chi connectivity index (χ2v) is 5.93. The lowest BCUT2D eigenvalue weighted by molar-refractivity contribution is -0.0936. The van der Waals surface area contributed by atoms with Crippen molar-refractivity contribution in [3.05, 3.63) is 0 Å². The predicted molar refractivity (Wildman–Crippen MR) is 74.4 cm³/mol. The maximum absolute atomic E-state index is 6.37. The van der Waals surface area contributed by atoms with E-state index in [4.69, 9.17) is 4.74 Å². The molecule has 0 aromatic rings. The summed E-state index contributed by atoms with van der Waals surface area (Å²) in [5, 5.41) is 3.62. The number of nitrogens with one attached hydrogen (secondary N) is 1. The van der Waals surface area contributed by atoms with Crippen molar-refractivity contribution in [3.8, 4) is 0 Å². The summed E-state index contributed by atoms with van der Waals surface area (Å²) in [6.07, 6.45) is 9.44. The second-order valence-electron chi connectivity index (χ2n) is 5.93. The maximum atomic E-state index is 6.37. The van der Waals surface area contributed by atoms with E-state index in [1.165, 1.54) is 38.5 Å². The lowest BCUT2D eigenvalue weighted by atomic mass is 9.93. The molecule has 2 heteroatoms. The van der Waals surface area contributed by atoms with E-state index in [1.54, 1.807) is 0 Å². The van der Waals surface area contributed by atoms with Crippen molar-refractivity contribution >= 4 is 0 Å². The van der Waals surface area contributed by atoms with E-state index in [9.17, 15) is 0 Å². The molecule has 1 fully saturated rings. The highest BCUT2D eigenvalue weighted by Gasteiger charge is 2.28. The minimum absolute atomic E-state index is 0.0253. The summed E-state index contributed by atoms with van der Waals surface area (Å²) in [5.41, 5.74) is 0.0253. The lowest BCUT2D eigenvalue weighted by Gasteiger charge is -2.36. The van der Waals surface area contributed by atoms with Crippen LogP contribution in [0.1, 0.15) is 72.6 Å². The third-order valence-corrected chi connectivity index (χ3v) is 3.99. The zero-order valence-corrected chi connectivity index (χ0v) is 12.2. The van der Waals surface area contributed by atoms with Gasteiger partial charge < -0.3 is 10.1 Å². The molecule has 0 heterocycles. The molecule has 1 N–H and O–H groups in total. The van der Waals surface area contributed by atoms with Crippen molar-refractivity contribution < 1.29 is 4.74 Å². The van der Waals surface area contributed by atoms with Gasteiger partial charge in [-0.2, -0.15) is 0 Å². The Morgan fingerprint density at radius 1 is 1.06 bits per heavy atom. The molecule has 1 saturated carbocycles. The second kappa shape index (κ2) is 7.38. The first-order valence-electron chi connectivity index (χ1n) is 7.50. The summed E-state index contributed by atoms with van der Waals surface area (Å²) in [6, 6.07) is 0.561. The van der Waals surface area contributed by atoms with E-state index in [0.29, 0.717) is 12.1 Å². The summed E-state index contributed by atoms with van der Waals surface area (Å²) >= 11 is 0. The molecule has 0 bridgehead atoms. The van der Waals surface area contributed by atoms with Gasteiger partial charge in [-0.05, 0) is 39.7 Å². The monoisotopic (exact) mass is 241 g/mol. The van der Waals surface area contributed by atoms with Crippen molar-refractivity contribution in [2.24, 2.45) is 0 Å². The largest absolute Gasteiger partial charge is 0.371 e. The smallest absolute Gasteiger partial charge is 0.0735 e. The zero-order chi connectivity index (χ0) is 12.7. The van der Waals surface area contributed by atoms with Crippen molar-refractivity contribution in [2.75, 3.05) is 6.54 Å². The molecule has 0 aliphatic heterocycles. The summed E-state index contributed by atoms with van der Waals surface area (Å²) in [6.45, 7) is 9.90. The van der Waals surface area contributed by atoms with Crippen LogP contribution >= 0.6 is 0 Å². The average molecular weight is 241 g/mol. The van der Waals surface area contributed by atoms with Crippen LogP contribution in [0.2, 0.25) is 0 Å². The van der Waals surface area contributed by atoms with Crippen LogP contribution in [0.5, 0.6) is 0 Å². The molecule has 1 rings (SSSR count). The summed E-state index contributed by atoms with van der Waals surface area (Å²) in [7, 11) is 0. The van der Waals surface area contributed by atoms with Crippen LogP contribution in [-0.2, 0) is 4.74 Å². The van der Waals surface area contributed by atoms with Gasteiger partial charge in [-0.25, -0.2) is 0 Å². The normalized spacial score (nSPS) is 27.5. The molecule has 102 valence electrons. The van der Waals surface area contributed by atoms with Crippen molar-refractivity contribution in [2.45, 2.75) is 90.4 Å². The highest BCUT2D eigenvalue weighted by molar-refractivity contribution is 4.82. The Labute approximate surface area is 108 Å². The molecule has 1 aliphatic rings. The molecule has 0 saturated heterocycles. The van der Waals surface area contributed by atoms with E-state index in [1.807, 2.05) is 0 Å². The van der Waals surface area contributed by atoms with Gasteiger partial charge in [-0.1, -0.05) is 39.5 Å². The summed E-state index contributed by atoms with van der Waals surface area (Å²) in [4.78, 5) is 0. The molecular formula is C15H31NO. The van der Waals surface area contributed by atoms with E-state index in [-0.39, 0.29) is 5.60 Å². The van der Waals surface area contributed by atoms with Crippen molar-refractivity contribution in [1.29, 1.82) is 0 Å². The number of hydrogen-bond acceptors (Lipinski definition) is 2. The Hall–Kier alpha value is -0.0800. The average Bonchev–Trinajstić information content (AvgIpc) is 2.27. The van der Waals surface area contributed by atoms with Gasteiger partial charge in [0.1, 0.15) is 0 Å². The van der Waals surface area contributed by atoms with Crippen LogP contribution in [0, 0.1) is 0 Å². The fourth-order valence-corrected chi connectivity index (χ4v) is 2.58. The molecule has 17 heavy (non-hydrogen) atoms. The molecule has 2 atom stereocenters. The molecule has 0 radical (unpaired) electrons. The van der Waals surface area contributed by atoms with Gasteiger partial charge in [0.15, 0.2) is 0 Å². The van der Waals surface area contributed by atoms with Gasteiger partial charge in [0, 0.05) is 6.04 Å². The maximum Gasteiger partial charge on any atom is 0.0735 e. The highest BCUT2D eigenvalue weighted by Crippen LogP contribution is 2.25. The third-order valence-electron chi connectivity index (χ3n) is 3.99. The first-order valence-corrected chi connectivity index (χ1v) is 7.50. The number of rotatable bonds is 5. The lowest BCUT2D eigenvalue weighted by Crippen LogP contribution is -2.45. The van der Waals surface area contributed by atoms with Gasteiger partial charge in [-0.15, -0.1) is 0 Å². The van der Waals surface area contributed by atoms with E-state index in [2.05, 4.69) is 33.0 Å². The van der Waals surface area contributed by atoms with E-state index >= 15 is 0 Å². The molecule has 0 aromatic carbocycles. The number of ether oxygens (including phenoxy) is 1. The minimum atomic E-state index is 0.0253. The topological polar surface area (TPSA) is 21.3 Å². The fraction of sp³-hybridized carbons (Fsp3) is 1.00. The SMILES string of the molecule is CCNC1CCCCCCC1OC(C)(C)CC. The highest BCUT2D eigenvalue weighted by atomic mass is 16.5. The number of likely N-dealkylation sites (N-methyl/N-ethyl adjacent to an activating group) is 1. The molecule has 1 aliphatic carbocycles. The predicted octanol–water partition coefficient (Wildman–Crippen LogP) is 3.89. The Balaban J connectivity index is 2.59. The summed E-state index contributed by atoms with van der Waals surface area (Å²) < 4.78 is 6.37. The number of hydrogen-bond donors (Lipinski definition) is 1. The molecule has 0 spiro atoms. The molecule has 0 aromatic heterocycles. The Morgan fingerprint density at radius 2 is 1.71 bits per heavy atom. The Bertz CT molecular complexity index is 203. The van der Waals surface area contributed by atoms with Gasteiger partial charge in [0.2, 0.25) is 0 Å². The van der Waals surface area contributed by atoms with Crippen molar-refractivity contribution in [3.63, 3.8) is 0 Å². The van der Waals surface area contributed by atoms with Gasteiger partial charge in [0.05, 0.1) is 11.7 Å². The van der Waals surface area contributed by atoms with Crippen LogP contribution in [0.4, 0.5) is 0 Å². The van der Waals surface area contributed by atoms with E-state index in [0.717, 1.165) is 13.0 Å². The first kappa shape index (κ1) is 15.0. The standard InChI is InChI=1S/C15H31NO/c1-5-15(3,4)17-14-12-10-8-7-9-11-13(14)16-6-2/h13-14,16H,5-12H2,1-4H3. The van der Waals surface area contributed by atoms with Crippen molar-refractivity contribution in [1.82, 2.24) is 5.32 Å². The minimum Gasteiger partial charge on any atom is -0.371 e. The zero-order valence-electron chi connectivity index (χ0n) is 12.2. The third kappa shape index (κ3) is 5.39. The molecule has 2 unspecified atom stereocenters. The van der Waals surface area contributed by atoms with Crippen LogP contribution in [0.25, 0.3) is 0 Å². The first-order chi connectivity index (χ1) is 8.09. The van der Waals surface area contributed by atoms with Gasteiger partial charge >= 0.3 is 0 Å². The fourth-order valence-electron chi connectivity index (χ4n) is 2.58. The van der Waals surface area contributed by atoms with Crippen LogP contribution < -0.4 is 5.32 Å². The Kier molecular flexibility index (Phi) is 6.50. The van der Waals surface area contributed by atoms with Gasteiger partial charge in [0.25, 0.3) is 0 Å². The van der Waals surface area contributed by atoms with Crippen LogP contribution in [-0.4, -0.2) is 24.3 Å². The Morgan fingerprint density at radius 3 is 2.29 bits per heavy atom. The van der Waals surface area contributed by atoms with Gasteiger partial charge in [-0.3, -0.25) is 0 Å². The molecule has 0 amide bonds. The summed E-state index contributed by atoms with van der Waals surface area (Å²) in [5.74, 6) is 0. The van der Waals surface area contributed by atoms with E-state index < -0.39 is 0 Å². The quantitative estimate of drug-likeness (QED) is 0.788. The molecular weight excluding hydrogens is 210 g/mol.